The lowest BCUT2D eigenvalue weighted by atomic mass is 9.83. The Bertz CT molecular complexity index is 375. The zero-order valence-electron chi connectivity index (χ0n) is 10.3. The fourth-order valence-corrected chi connectivity index (χ4v) is 1.90. The van der Waals surface area contributed by atoms with Gasteiger partial charge in [0.25, 0.3) is 0 Å². The lowest BCUT2D eigenvalue weighted by Crippen LogP contribution is -2.14. The van der Waals surface area contributed by atoms with E-state index in [4.69, 9.17) is 5.73 Å². The van der Waals surface area contributed by atoms with Crippen molar-refractivity contribution in [3.05, 3.63) is 28.3 Å². The minimum absolute atomic E-state index is 0.0350. The first-order valence-electron chi connectivity index (χ1n) is 5.31. The molecule has 0 amide bonds. The molecule has 0 aromatic heterocycles. The molecule has 0 unspecified atom stereocenters. The van der Waals surface area contributed by atoms with Gasteiger partial charge in [0.05, 0.1) is 0 Å². The summed E-state index contributed by atoms with van der Waals surface area (Å²) in [5.41, 5.74) is 9.77. The summed E-state index contributed by atoms with van der Waals surface area (Å²) in [7, 11) is 0. The molecule has 0 spiro atoms. The Morgan fingerprint density at radius 2 is 1.80 bits per heavy atom. The molecule has 1 aromatic rings. The standard InChI is InChI=1S/C13H21NO/c1-8-6-11(13(3,4)5)12(15)9(2)10(8)7-14/h6,15H,7,14H2,1-5H3. The smallest absolute Gasteiger partial charge is 0.122 e. The van der Waals surface area contributed by atoms with Gasteiger partial charge in [-0.25, -0.2) is 0 Å². The van der Waals surface area contributed by atoms with Crippen LogP contribution in [-0.2, 0) is 12.0 Å². The molecule has 2 nitrogen and oxygen atoms in total. The summed E-state index contributed by atoms with van der Waals surface area (Å²) in [4.78, 5) is 0. The summed E-state index contributed by atoms with van der Waals surface area (Å²) in [6, 6.07) is 2.05. The van der Waals surface area contributed by atoms with Crippen molar-refractivity contribution in [3.8, 4) is 5.75 Å². The first-order chi connectivity index (χ1) is 6.79. The maximum Gasteiger partial charge on any atom is 0.122 e. The molecular weight excluding hydrogens is 186 g/mol. The zero-order valence-corrected chi connectivity index (χ0v) is 10.3. The van der Waals surface area contributed by atoms with E-state index in [0.29, 0.717) is 12.3 Å². The largest absolute Gasteiger partial charge is 0.507 e. The molecule has 0 saturated carbocycles. The Morgan fingerprint density at radius 1 is 1.27 bits per heavy atom. The van der Waals surface area contributed by atoms with Crippen LogP contribution in [0.25, 0.3) is 0 Å². The minimum Gasteiger partial charge on any atom is -0.507 e. The van der Waals surface area contributed by atoms with Gasteiger partial charge < -0.3 is 10.8 Å². The third-order valence-corrected chi connectivity index (χ3v) is 2.91. The number of phenols is 1. The highest BCUT2D eigenvalue weighted by molar-refractivity contribution is 5.51. The third kappa shape index (κ3) is 2.15. The van der Waals surface area contributed by atoms with Crippen molar-refractivity contribution >= 4 is 0 Å². The topological polar surface area (TPSA) is 46.2 Å². The van der Waals surface area contributed by atoms with Crippen LogP contribution in [0.1, 0.15) is 43.0 Å². The number of phenolic OH excluding ortho intramolecular Hbond substituents is 1. The molecule has 0 radical (unpaired) electrons. The van der Waals surface area contributed by atoms with Crippen molar-refractivity contribution < 1.29 is 5.11 Å². The molecule has 0 saturated heterocycles. The molecule has 2 heteroatoms. The van der Waals surface area contributed by atoms with Crippen LogP contribution < -0.4 is 5.73 Å². The Balaban J connectivity index is 3.48. The second-order valence-electron chi connectivity index (χ2n) is 5.15. The molecular formula is C13H21NO. The van der Waals surface area contributed by atoms with Gasteiger partial charge in [-0.1, -0.05) is 26.8 Å². The molecule has 3 N–H and O–H groups in total. The summed E-state index contributed by atoms with van der Waals surface area (Å²) in [6.07, 6.45) is 0. The second kappa shape index (κ2) is 3.86. The van der Waals surface area contributed by atoms with Crippen molar-refractivity contribution in [1.82, 2.24) is 0 Å². The number of aryl methyl sites for hydroxylation is 1. The fraction of sp³-hybridized carbons (Fsp3) is 0.538. The van der Waals surface area contributed by atoms with Crippen molar-refractivity contribution in [2.24, 2.45) is 5.73 Å². The Kier molecular flexibility index (Phi) is 3.10. The van der Waals surface area contributed by atoms with Crippen molar-refractivity contribution in [2.75, 3.05) is 0 Å². The summed E-state index contributed by atoms with van der Waals surface area (Å²) in [6.45, 7) is 10.8. The average Bonchev–Trinajstić information content (AvgIpc) is 2.10. The van der Waals surface area contributed by atoms with Gasteiger partial charge in [-0.3, -0.25) is 0 Å². The number of benzene rings is 1. The predicted octanol–water partition coefficient (Wildman–Crippen LogP) is 2.77. The first kappa shape index (κ1) is 12.1. The Hall–Kier alpha value is -1.02. The SMILES string of the molecule is Cc1cc(C(C)(C)C)c(O)c(C)c1CN. The van der Waals surface area contributed by atoms with Gasteiger partial charge in [-0.2, -0.15) is 0 Å². The summed E-state index contributed by atoms with van der Waals surface area (Å²) in [5, 5.41) is 10.1. The van der Waals surface area contributed by atoms with Crippen LogP contribution in [0.3, 0.4) is 0 Å². The molecule has 0 heterocycles. The van der Waals surface area contributed by atoms with Crippen molar-refractivity contribution in [2.45, 2.75) is 46.6 Å². The van der Waals surface area contributed by atoms with Gasteiger partial charge in [0.1, 0.15) is 5.75 Å². The first-order valence-corrected chi connectivity index (χ1v) is 5.31. The summed E-state index contributed by atoms with van der Waals surface area (Å²) >= 11 is 0. The summed E-state index contributed by atoms with van der Waals surface area (Å²) < 4.78 is 0. The van der Waals surface area contributed by atoms with E-state index in [1.54, 1.807) is 0 Å². The molecule has 15 heavy (non-hydrogen) atoms. The van der Waals surface area contributed by atoms with Crippen molar-refractivity contribution in [3.63, 3.8) is 0 Å². The minimum atomic E-state index is -0.0350. The average molecular weight is 207 g/mol. The lowest BCUT2D eigenvalue weighted by molar-refractivity contribution is 0.441. The highest BCUT2D eigenvalue weighted by Gasteiger charge is 2.21. The van der Waals surface area contributed by atoms with Crippen LogP contribution in [0.15, 0.2) is 6.07 Å². The maximum atomic E-state index is 10.1. The normalized spacial score (nSPS) is 11.9. The van der Waals surface area contributed by atoms with Crippen LogP contribution in [0.4, 0.5) is 0 Å². The molecule has 0 aliphatic rings. The van der Waals surface area contributed by atoms with Crippen LogP contribution >= 0.6 is 0 Å². The van der Waals surface area contributed by atoms with Gasteiger partial charge in [0.15, 0.2) is 0 Å². The van der Waals surface area contributed by atoms with Crippen LogP contribution in [0, 0.1) is 13.8 Å². The van der Waals surface area contributed by atoms with E-state index in [9.17, 15) is 5.11 Å². The molecule has 0 aliphatic heterocycles. The number of nitrogens with two attached hydrogens (primary N) is 1. The maximum absolute atomic E-state index is 10.1. The quantitative estimate of drug-likeness (QED) is 0.743. The zero-order chi connectivity index (χ0) is 11.8. The van der Waals surface area contributed by atoms with E-state index in [0.717, 1.165) is 22.3 Å². The van der Waals surface area contributed by atoms with Gasteiger partial charge in [-0.15, -0.1) is 0 Å². The van der Waals surface area contributed by atoms with E-state index in [-0.39, 0.29) is 5.41 Å². The van der Waals surface area contributed by atoms with Crippen LogP contribution in [-0.4, -0.2) is 5.11 Å². The molecule has 84 valence electrons. The fourth-order valence-electron chi connectivity index (χ4n) is 1.90. The van der Waals surface area contributed by atoms with E-state index in [1.165, 1.54) is 0 Å². The monoisotopic (exact) mass is 207 g/mol. The van der Waals surface area contributed by atoms with Gasteiger partial charge in [-0.05, 0) is 41.5 Å². The summed E-state index contributed by atoms with van der Waals surface area (Å²) in [5.74, 6) is 0.397. The highest BCUT2D eigenvalue weighted by atomic mass is 16.3. The van der Waals surface area contributed by atoms with Gasteiger partial charge in [0, 0.05) is 6.54 Å². The van der Waals surface area contributed by atoms with Crippen molar-refractivity contribution in [1.29, 1.82) is 0 Å². The predicted molar refractivity (Wildman–Crippen MR) is 64.2 cm³/mol. The molecule has 0 fully saturated rings. The molecule has 0 bridgehead atoms. The van der Waals surface area contributed by atoms with E-state index >= 15 is 0 Å². The number of rotatable bonds is 1. The van der Waals surface area contributed by atoms with E-state index in [2.05, 4.69) is 20.8 Å². The third-order valence-electron chi connectivity index (χ3n) is 2.91. The van der Waals surface area contributed by atoms with Gasteiger partial charge >= 0.3 is 0 Å². The Morgan fingerprint density at radius 3 is 2.20 bits per heavy atom. The number of hydrogen-bond acceptors (Lipinski definition) is 2. The molecule has 1 rings (SSSR count). The lowest BCUT2D eigenvalue weighted by Gasteiger charge is -2.24. The van der Waals surface area contributed by atoms with E-state index in [1.807, 2.05) is 19.9 Å². The number of aromatic hydroxyl groups is 1. The molecule has 1 aromatic carbocycles. The number of hydrogen-bond donors (Lipinski definition) is 2. The second-order valence-corrected chi connectivity index (χ2v) is 5.15. The molecule has 0 atom stereocenters. The van der Waals surface area contributed by atoms with Gasteiger partial charge in [0.2, 0.25) is 0 Å². The van der Waals surface area contributed by atoms with Crippen LogP contribution in [0.2, 0.25) is 0 Å². The highest BCUT2D eigenvalue weighted by Crippen LogP contribution is 2.36. The molecule has 0 aliphatic carbocycles. The van der Waals surface area contributed by atoms with Crippen LogP contribution in [0.5, 0.6) is 5.75 Å². The Labute approximate surface area is 92.1 Å². The van der Waals surface area contributed by atoms with E-state index < -0.39 is 0 Å².